The van der Waals surface area contributed by atoms with Gasteiger partial charge < -0.3 is 15.4 Å². The van der Waals surface area contributed by atoms with E-state index < -0.39 is 0 Å². The van der Waals surface area contributed by atoms with Gasteiger partial charge in [0.1, 0.15) is 12.2 Å². The quantitative estimate of drug-likeness (QED) is 0.696. The van der Waals surface area contributed by atoms with Gasteiger partial charge in [0.05, 0.1) is 6.07 Å². The Morgan fingerprint density at radius 3 is 2.38 bits per heavy atom. The van der Waals surface area contributed by atoms with Crippen molar-refractivity contribution in [1.82, 2.24) is 10.6 Å². The van der Waals surface area contributed by atoms with Gasteiger partial charge >= 0.3 is 0 Å². The molecule has 0 saturated carbocycles. The van der Waals surface area contributed by atoms with Crippen molar-refractivity contribution >= 4 is 11.8 Å². The van der Waals surface area contributed by atoms with E-state index in [9.17, 15) is 9.59 Å². The molecule has 1 aromatic carbocycles. The van der Waals surface area contributed by atoms with E-state index in [1.54, 1.807) is 6.07 Å². The number of carbonyl (C=O) groups is 2. The summed E-state index contributed by atoms with van der Waals surface area (Å²) in [5.41, 5.74) is 1.13. The number of rotatable bonds is 8. The highest BCUT2D eigenvalue weighted by Gasteiger charge is 2.02. The fraction of sp³-hybridized carbons (Fsp3) is 0.400. The molecule has 0 aliphatic heterocycles. The Kier molecular flexibility index (Phi) is 7.36. The zero-order valence-electron chi connectivity index (χ0n) is 12.0. The van der Waals surface area contributed by atoms with Gasteiger partial charge in [-0.15, -0.1) is 0 Å². The van der Waals surface area contributed by atoms with Gasteiger partial charge in [0.25, 0.3) is 5.91 Å². The molecule has 6 nitrogen and oxygen atoms in total. The molecular formula is C15H19N3O3. The van der Waals surface area contributed by atoms with Gasteiger partial charge in [0, 0.05) is 13.1 Å². The van der Waals surface area contributed by atoms with Crippen LogP contribution in [0.15, 0.2) is 24.3 Å². The first-order valence-corrected chi connectivity index (χ1v) is 6.71. The average molecular weight is 289 g/mol. The van der Waals surface area contributed by atoms with E-state index in [1.165, 1.54) is 0 Å². The van der Waals surface area contributed by atoms with Crippen molar-refractivity contribution < 1.29 is 14.3 Å². The second kappa shape index (κ2) is 9.37. The summed E-state index contributed by atoms with van der Waals surface area (Å²) in [4.78, 5) is 22.5. The normalized spacial score (nSPS) is 9.52. The maximum Gasteiger partial charge on any atom is 0.257 e. The van der Waals surface area contributed by atoms with Crippen LogP contribution in [0.25, 0.3) is 0 Å². The Bertz CT molecular complexity index is 506. The number of carbonyl (C=O) groups excluding carboxylic acids is 2. The van der Waals surface area contributed by atoms with Crippen molar-refractivity contribution in [3.8, 4) is 11.8 Å². The number of benzene rings is 1. The first-order chi connectivity index (χ1) is 10.1. The van der Waals surface area contributed by atoms with Gasteiger partial charge in [-0.1, -0.05) is 17.7 Å². The molecule has 21 heavy (non-hydrogen) atoms. The Morgan fingerprint density at radius 1 is 1.14 bits per heavy atom. The summed E-state index contributed by atoms with van der Waals surface area (Å²) < 4.78 is 5.33. The Morgan fingerprint density at radius 2 is 1.76 bits per heavy atom. The summed E-state index contributed by atoms with van der Waals surface area (Å²) in [7, 11) is 0. The highest BCUT2D eigenvalue weighted by molar-refractivity contribution is 5.78. The van der Waals surface area contributed by atoms with Crippen molar-refractivity contribution in [3.63, 3.8) is 0 Å². The van der Waals surface area contributed by atoms with Gasteiger partial charge in [0.2, 0.25) is 5.91 Å². The smallest absolute Gasteiger partial charge is 0.257 e. The summed E-state index contributed by atoms with van der Waals surface area (Å²) in [6.07, 6.45) is 0.462. The Balaban J connectivity index is 2.08. The van der Waals surface area contributed by atoms with Crippen LogP contribution < -0.4 is 15.4 Å². The third kappa shape index (κ3) is 7.57. The van der Waals surface area contributed by atoms with Crippen LogP contribution in [-0.4, -0.2) is 31.5 Å². The monoisotopic (exact) mass is 289 g/mol. The molecule has 0 heterocycles. The molecule has 0 bridgehead atoms. The molecule has 0 unspecified atom stereocenters. The number of ether oxygens (including phenoxy) is 1. The molecule has 112 valence electrons. The summed E-state index contributed by atoms with van der Waals surface area (Å²) in [5, 5.41) is 13.6. The van der Waals surface area contributed by atoms with E-state index >= 15 is 0 Å². The van der Waals surface area contributed by atoms with Gasteiger partial charge in [-0.05, 0) is 25.5 Å². The topological polar surface area (TPSA) is 91.2 Å². The van der Waals surface area contributed by atoms with Gasteiger partial charge in [-0.3, -0.25) is 9.59 Å². The maximum absolute atomic E-state index is 11.5. The number of amides is 2. The van der Waals surface area contributed by atoms with Crippen LogP contribution >= 0.6 is 0 Å². The summed E-state index contributed by atoms with van der Waals surface area (Å²) in [6.45, 7) is 2.82. The van der Waals surface area contributed by atoms with Crippen molar-refractivity contribution in [2.24, 2.45) is 0 Å². The van der Waals surface area contributed by atoms with E-state index in [0.717, 1.165) is 5.56 Å². The lowest BCUT2D eigenvalue weighted by Gasteiger charge is -2.08. The molecule has 0 fully saturated rings. The van der Waals surface area contributed by atoms with Crippen LogP contribution in [0.2, 0.25) is 0 Å². The van der Waals surface area contributed by atoms with Crippen molar-refractivity contribution in [2.75, 3.05) is 19.7 Å². The number of nitriles is 1. The third-order valence-corrected chi connectivity index (χ3v) is 2.63. The van der Waals surface area contributed by atoms with Crippen LogP contribution in [0.5, 0.6) is 5.75 Å². The van der Waals surface area contributed by atoms with E-state index in [1.807, 2.05) is 31.2 Å². The van der Waals surface area contributed by atoms with Crippen molar-refractivity contribution in [1.29, 1.82) is 5.26 Å². The minimum atomic E-state index is -0.300. The lowest BCUT2D eigenvalue weighted by atomic mass is 10.2. The second-order valence-corrected chi connectivity index (χ2v) is 4.49. The minimum absolute atomic E-state index is 0.0378. The molecule has 2 N–H and O–H groups in total. The Labute approximate surface area is 124 Å². The highest BCUT2D eigenvalue weighted by atomic mass is 16.5. The van der Waals surface area contributed by atoms with E-state index in [0.29, 0.717) is 25.3 Å². The first kappa shape index (κ1) is 16.5. The highest BCUT2D eigenvalue weighted by Crippen LogP contribution is 2.10. The van der Waals surface area contributed by atoms with Crippen LogP contribution in [0.3, 0.4) is 0 Å². The number of hydrogen-bond donors (Lipinski definition) is 2. The molecule has 0 radical (unpaired) electrons. The molecule has 0 aliphatic rings. The third-order valence-electron chi connectivity index (χ3n) is 2.63. The van der Waals surface area contributed by atoms with E-state index in [2.05, 4.69) is 10.6 Å². The zero-order valence-corrected chi connectivity index (χ0v) is 12.0. The minimum Gasteiger partial charge on any atom is -0.484 e. The summed E-state index contributed by atoms with van der Waals surface area (Å²) in [6, 6.07) is 9.22. The number of nitrogens with zero attached hydrogens (tertiary/aromatic N) is 1. The van der Waals surface area contributed by atoms with Gasteiger partial charge in [-0.2, -0.15) is 5.26 Å². The standard InChI is InChI=1S/C15H19N3O3/c1-12-3-5-13(6-4-12)21-11-15(20)18-10-2-9-17-14(19)7-8-16/h3-6H,2,7,9-11H2,1H3,(H,17,19)(H,18,20). The van der Waals surface area contributed by atoms with E-state index in [4.69, 9.17) is 10.00 Å². The fourth-order valence-corrected chi connectivity index (χ4v) is 1.51. The van der Waals surface area contributed by atoms with Gasteiger partial charge in [-0.25, -0.2) is 0 Å². The summed E-state index contributed by atoms with van der Waals surface area (Å²) in [5.74, 6) is 0.143. The van der Waals surface area contributed by atoms with Crippen LogP contribution in [-0.2, 0) is 9.59 Å². The molecule has 0 spiro atoms. The number of nitrogens with one attached hydrogen (secondary N) is 2. The van der Waals surface area contributed by atoms with Gasteiger partial charge in [0.15, 0.2) is 6.61 Å². The maximum atomic E-state index is 11.5. The van der Waals surface area contributed by atoms with Crippen molar-refractivity contribution in [3.05, 3.63) is 29.8 Å². The molecule has 0 saturated heterocycles. The van der Waals surface area contributed by atoms with Crippen LogP contribution in [0.1, 0.15) is 18.4 Å². The first-order valence-electron chi connectivity index (χ1n) is 6.71. The largest absolute Gasteiger partial charge is 0.484 e. The zero-order chi connectivity index (χ0) is 15.5. The second-order valence-electron chi connectivity index (χ2n) is 4.49. The molecule has 0 aromatic heterocycles. The lowest BCUT2D eigenvalue weighted by Crippen LogP contribution is -2.32. The molecule has 1 rings (SSSR count). The average Bonchev–Trinajstić information content (AvgIpc) is 2.46. The summed E-state index contributed by atoms with van der Waals surface area (Å²) >= 11 is 0. The predicted octanol–water partition coefficient (Wildman–Crippen LogP) is 0.910. The van der Waals surface area contributed by atoms with E-state index in [-0.39, 0.29) is 24.8 Å². The number of hydrogen-bond acceptors (Lipinski definition) is 4. The molecular weight excluding hydrogens is 270 g/mol. The molecule has 1 aromatic rings. The van der Waals surface area contributed by atoms with Crippen molar-refractivity contribution in [2.45, 2.75) is 19.8 Å². The van der Waals surface area contributed by atoms with Crippen LogP contribution in [0.4, 0.5) is 0 Å². The lowest BCUT2D eigenvalue weighted by molar-refractivity contribution is -0.123. The molecule has 0 aliphatic carbocycles. The predicted molar refractivity (Wildman–Crippen MR) is 77.5 cm³/mol. The van der Waals surface area contributed by atoms with Crippen LogP contribution in [0, 0.1) is 18.3 Å². The SMILES string of the molecule is Cc1ccc(OCC(=O)NCCCNC(=O)CC#N)cc1. The Hall–Kier alpha value is -2.55. The molecule has 6 heteroatoms. The number of aryl methyl sites for hydroxylation is 1. The fourth-order valence-electron chi connectivity index (χ4n) is 1.51. The molecule has 2 amide bonds. The molecule has 0 atom stereocenters.